The summed E-state index contributed by atoms with van der Waals surface area (Å²) in [5.74, 6) is 6.84. The molecule has 1 heterocycles. The van der Waals surface area contributed by atoms with Crippen molar-refractivity contribution < 1.29 is 4.42 Å². The second kappa shape index (κ2) is 5.18. The van der Waals surface area contributed by atoms with Crippen molar-refractivity contribution in [1.29, 1.82) is 0 Å². The lowest BCUT2D eigenvalue weighted by molar-refractivity contribution is 0.412. The maximum Gasteiger partial charge on any atom is 0.194 e. The molecule has 3 heteroatoms. The second-order valence-electron chi connectivity index (χ2n) is 7.02. The van der Waals surface area contributed by atoms with Crippen LogP contribution in [0.2, 0.25) is 0 Å². The zero-order valence-electron chi connectivity index (χ0n) is 12.5. The Kier molecular flexibility index (Phi) is 3.33. The largest absolute Gasteiger partial charge is 0.445 e. The van der Waals surface area contributed by atoms with Crippen LogP contribution in [0.15, 0.2) is 10.6 Å². The van der Waals surface area contributed by atoms with Crippen LogP contribution >= 0.6 is 0 Å². The summed E-state index contributed by atoms with van der Waals surface area (Å²) in [6.07, 6.45) is 9.80. The van der Waals surface area contributed by atoms with E-state index in [1.165, 1.54) is 31.4 Å². The number of hydrogen-bond donors (Lipinski definition) is 1. The molecule has 4 unspecified atom stereocenters. The first-order valence-corrected chi connectivity index (χ1v) is 8.53. The van der Waals surface area contributed by atoms with E-state index in [9.17, 15) is 0 Å². The number of aromatic nitrogens is 1. The molecule has 1 aromatic rings. The van der Waals surface area contributed by atoms with Gasteiger partial charge in [0.2, 0.25) is 0 Å². The Hall–Kier alpha value is -0.830. The van der Waals surface area contributed by atoms with Gasteiger partial charge in [-0.1, -0.05) is 6.92 Å². The molecule has 4 rings (SSSR count). The Morgan fingerprint density at radius 3 is 2.80 bits per heavy atom. The van der Waals surface area contributed by atoms with E-state index in [-0.39, 0.29) is 0 Å². The maximum atomic E-state index is 6.04. The van der Waals surface area contributed by atoms with E-state index in [4.69, 9.17) is 4.42 Å². The third-order valence-electron chi connectivity index (χ3n) is 5.81. The van der Waals surface area contributed by atoms with Crippen molar-refractivity contribution in [2.24, 2.45) is 23.7 Å². The summed E-state index contributed by atoms with van der Waals surface area (Å²) in [7, 11) is 0. The summed E-state index contributed by atoms with van der Waals surface area (Å²) in [5, 5.41) is 3.43. The molecule has 4 atom stereocenters. The number of rotatable bonds is 7. The summed E-state index contributed by atoms with van der Waals surface area (Å²) in [5.41, 5.74) is 0. The van der Waals surface area contributed by atoms with Gasteiger partial charge in [0.05, 0.1) is 6.20 Å². The van der Waals surface area contributed by atoms with E-state index in [1.54, 1.807) is 0 Å². The molecule has 3 fully saturated rings. The highest BCUT2D eigenvalue weighted by Crippen LogP contribution is 2.73. The van der Waals surface area contributed by atoms with Gasteiger partial charge in [-0.25, -0.2) is 4.98 Å². The van der Waals surface area contributed by atoms with Crippen molar-refractivity contribution in [3.63, 3.8) is 0 Å². The van der Waals surface area contributed by atoms with Crippen LogP contribution in [-0.4, -0.2) is 18.1 Å². The quantitative estimate of drug-likeness (QED) is 0.775. The molecule has 0 spiro atoms. The Bertz CT molecular complexity index is 453. The fourth-order valence-electron chi connectivity index (χ4n) is 4.97. The average Bonchev–Trinajstić information content (AvgIpc) is 2.87. The third-order valence-corrected chi connectivity index (χ3v) is 5.81. The molecule has 110 valence electrons. The molecule has 3 aliphatic carbocycles. The van der Waals surface area contributed by atoms with E-state index >= 15 is 0 Å². The number of aryl methyl sites for hydroxylation is 1. The molecule has 3 nitrogen and oxygen atoms in total. The number of oxazole rings is 1. The van der Waals surface area contributed by atoms with Crippen molar-refractivity contribution in [1.82, 2.24) is 10.3 Å². The zero-order valence-corrected chi connectivity index (χ0v) is 12.5. The Morgan fingerprint density at radius 2 is 2.05 bits per heavy atom. The molecule has 0 radical (unpaired) electrons. The van der Waals surface area contributed by atoms with Gasteiger partial charge < -0.3 is 9.73 Å². The van der Waals surface area contributed by atoms with E-state index in [1.807, 2.05) is 6.20 Å². The van der Waals surface area contributed by atoms with Gasteiger partial charge in [-0.15, -0.1) is 0 Å². The van der Waals surface area contributed by atoms with Crippen molar-refractivity contribution in [3.8, 4) is 0 Å². The van der Waals surface area contributed by atoms with Crippen LogP contribution < -0.4 is 5.32 Å². The fourth-order valence-corrected chi connectivity index (χ4v) is 4.97. The highest BCUT2D eigenvalue weighted by Gasteiger charge is 2.66. The minimum atomic E-state index is 0.737. The molecule has 0 aliphatic heterocycles. The van der Waals surface area contributed by atoms with Crippen molar-refractivity contribution >= 4 is 0 Å². The number of nitrogens with one attached hydrogen (secondary N) is 1. The Balaban J connectivity index is 1.29. The monoisotopic (exact) mass is 274 g/mol. The van der Waals surface area contributed by atoms with Gasteiger partial charge in [-0.05, 0) is 68.9 Å². The van der Waals surface area contributed by atoms with Crippen LogP contribution in [0.25, 0.3) is 0 Å². The smallest absolute Gasteiger partial charge is 0.194 e. The Labute approximate surface area is 121 Å². The van der Waals surface area contributed by atoms with Gasteiger partial charge in [-0.3, -0.25) is 0 Å². The normalized spacial score (nSPS) is 37.4. The van der Waals surface area contributed by atoms with Gasteiger partial charge in [0.15, 0.2) is 5.89 Å². The van der Waals surface area contributed by atoms with Crippen LogP contribution in [-0.2, 0) is 6.42 Å². The van der Waals surface area contributed by atoms with E-state index < -0.39 is 0 Å². The van der Waals surface area contributed by atoms with Gasteiger partial charge in [-0.2, -0.15) is 0 Å². The molecule has 1 N–H and O–H groups in total. The molecule has 2 bridgehead atoms. The summed E-state index contributed by atoms with van der Waals surface area (Å²) < 4.78 is 6.04. The molecule has 0 saturated heterocycles. The first-order chi connectivity index (χ1) is 9.88. The third kappa shape index (κ3) is 2.11. The highest BCUT2D eigenvalue weighted by atomic mass is 16.4. The second-order valence-corrected chi connectivity index (χ2v) is 7.02. The summed E-state index contributed by atoms with van der Waals surface area (Å²) in [4.78, 5) is 4.50. The predicted octanol–water partition coefficient (Wildman–Crippen LogP) is 3.37. The van der Waals surface area contributed by atoms with Gasteiger partial charge in [0.25, 0.3) is 0 Å². The van der Waals surface area contributed by atoms with Crippen LogP contribution in [0.1, 0.15) is 56.6 Å². The minimum Gasteiger partial charge on any atom is -0.445 e. The average molecular weight is 274 g/mol. The van der Waals surface area contributed by atoms with Crippen LogP contribution in [0, 0.1) is 23.7 Å². The summed E-state index contributed by atoms with van der Waals surface area (Å²) in [6.45, 7) is 4.39. The molecule has 0 amide bonds. The molecule has 3 aliphatic rings. The summed E-state index contributed by atoms with van der Waals surface area (Å²) in [6, 6.07) is 0. The molecular weight excluding hydrogens is 248 g/mol. The van der Waals surface area contributed by atoms with Crippen molar-refractivity contribution in [2.75, 3.05) is 13.1 Å². The van der Waals surface area contributed by atoms with Gasteiger partial charge >= 0.3 is 0 Å². The Morgan fingerprint density at radius 1 is 1.25 bits per heavy atom. The van der Waals surface area contributed by atoms with Crippen molar-refractivity contribution in [3.05, 3.63) is 17.8 Å². The van der Waals surface area contributed by atoms with E-state index in [0.717, 1.165) is 61.4 Å². The standard InChI is InChI=1S/C17H26N2O/c1-2-7-18-8-3-4-14-19-10-13(20-14)17-15-11-5-6-12(9-11)16(15)17/h10-12,15-18H,2-9H2,1H3. The lowest BCUT2D eigenvalue weighted by atomic mass is 10.0. The number of hydrogen-bond acceptors (Lipinski definition) is 3. The molecule has 0 aromatic carbocycles. The maximum absolute atomic E-state index is 6.04. The van der Waals surface area contributed by atoms with Gasteiger partial charge in [0.1, 0.15) is 5.76 Å². The highest BCUT2D eigenvalue weighted by molar-refractivity contribution is 5.25. The first-order valence-electron chi connectivity index (χ1n) is 8.53. The van der Waals surface area contributed by atoms with Crippen LogP contribution in [0.4, 0.5) is 0 Å². The van der Waals surface area contributed by atoms with Crippen molar-refractivity contribution in [2.45, 2.75) is 51.4 Å². The molecule has 1 aromatic heterocycles. The lowest BCUT2D eigenvalue weighted by Gasteiger charge is -2.05. The lowest BCUT2D eigenvalue weighted by Crippen LogP contribution is -2.16. The fraction of sp³-hybridized carbons (Fsp3) is 0.824. The SMILES string of the molecule is CCCNCCCc1ncc(C2C3C4CCC(C4)C23)o1. The molecular formula is C17H26N2O. The first kappa shape index (κ1) is 12.9. The number of nitrogens with zero attached hydrogens (tertiary/aromatic N) is 1. The van der Waals surface area contributed by atoms with Crippen LogP contribution in [0.3, 0.4) is 0 Å². The molecule has 3 saturated carbocycles. The number of fused-ring (bicyclic) bond motifs is 5. The molecule has 20 heavy (non-hydrogen) atoms. The van der Waals surface area contributed by atoms with Crippen LogP contribution in [0.5, 0.6) is 0 Å². The van der Waals surface area contributed by atoms with Gasteiger partial charge in [0, 0.05) is 12.3 Å². The summed E-state index contributed by atoms with van der Waals surface area (Å²) >= 11 is 0. The topological polar surface area (TPSA) is 38.1 Å². The van der Waals surface area contributed by atoms with E-state index in [2.05, 4.69) is 17.2 Å². The minimum absolute atomic E-state index is 0.737. The van der Waals surface area contributed by atoms with E-state index in [0.29, 0.717) is 0 Å². The zero-order chi connectivity index (χ0) is 13.5. The predicted molar refractivity (Wildman–Crippen MR) is 78.5 cm³/mol.